The van der Waals surface area contributed by atoms with Crippen molar-refractivity contribution < 1.29 is 19.9 Å². The lowest BCUT2D eigenvalue weighted by molar-refractivity contribution is -0.385. The molecule has 0 heterocycles. The van der Waals surface area contributed by atoms with E-state index in [1.54, 1.807) is 0 Å². The van der Waals surface area contributed by atoms with E-state index >= 15 is 0 Å². The van der Waals surface area contributed by atoms with Gasteiger partial charge in [-0.15, -0.1) is 0 Å². The van der Waals surface area contributed by atoms with Gasteiger partial charge in [0.05, 0.1) is 11.3 Å². The van der Waals surface area contributed by atoms with E-state index in [2.05, 4.69) is 0 Å². The summed E-state index contributed by atoms with van der Waals surface area (Å²) in [4.78, 5) is 19.9. The molecule has 0 aliphatic carbocycles. The van der Waals surface area contributed by atoms with Crippen molar-refractivity contribution in [2.75, 3.05) is 0 Å². The molecular formula is C10H13NO5. The van der Waals surface area contributed by atoms with Gasteiger partial charge in [-0.2, -0.15) is 0 Å². The van der Waals surface area contributed by atoms with Crippen LogP contribution in [0.5, 0.6) is 5.75 Å². The molecule has 0 aromatic heterocycles. The van der Waals surface area contributed by atoms with E-state index in [-0.39, 0.29) is 12.0 Å². The Morgan fingerprint density at radius 2 is 2.00 bits per heavy atom. The Bertz CT molecular complexity index is 389. The Hall–Kier alpha value is -2.11. The zero-order valence-corrected chi connectivity index (χ0v) is 9.01. The van der Waals surface area contributed by atoms with Crippen molar-refractivity contribution >= 4 is 11.7 Å². The van der Waals surface area contributed by atoms with Crippen LogP contribution in [0.2, 0.25) is 0 Å². The van der Waals surface area contributed by atoms with Gasteiger partial charge in [0.15, 0.2) is 5.75 Å². The highest BCUT2D eigenvalue weighted by atomic mass is 16.6. The number of hydrogen-bond donors (Lipinski definition) is 2. The zero-order valence-electron chi connectivity index (χ0n) is 9.01. The highest BCUT2D eigenvalue weighted by Gasteiger charge is 2.14. The number of nitro groups is 1. The molecule has 0 atom stereocenters. The van der Waals surface area contributed by atoms with Crippen molar-refractivity contribution in [2.45, 2.75) is 20.3 Å². The van der Waals surface area contributed by atoms with E-state index in [0.29, 0.717) is 0 Å². The first-order valence-electron chi connectivity index (χ1n) is 4.69. The number of carbonyl (C=O) groups is 1. The minimum absolute atomic E-state index is 0.280. The molecular weight excluding hydrogens is 214 g/mol. The van der Waals surface area contributed by atoms with Gasteiger partial charge in [0.2, 0.25) is 0 Å². The molecule has 6 heteroatoms. The Morgan fingerprint density at radius 1 is 1.44 bits per heavy atom. The van der Waals surface area contributed by atoms with Crippen molar-refractivity contribution in [2.24, 2.45) is 0 Å². The van der Waals surface area contributed by atoms with Crippen LogP contribution in [-0.2, 0) is 11.2 Å². The average molecular weight is 227 g/mol. The minimum Gasteiger partial charge on any atom is -0.502 e. The van der Waals surface area contributed by atoms with Crippen molar-refractivity contribution in [3.63, 3.8) is 0 Å². The van der Waals surface area contributed by atoms with Crippen LogP contribution in [0.3, 0.4) is 0 Å². The van der Waals surface area contributed by atoms with Crippen LogP contribution in [0.15, 0.2) is 18.2 Å². The molecule has 0 aliphatic heterocycles. The lowest BCUT2D eigenvalue weighted by Crippen LogP contribution is -2.00. The molecule has 0 saturated heterocycles. The van der Waals surface area contributed by atoms with Gasteiger partial charge in [0.25, 0.3) is 0 Å². The lowest BCUT2D eigenvalue weighted by Gasteiger charge is -1.98. The molecule has 1 aromatic carbocycles. The van der Waals surface area contributed by atoms with Crippen molar-refractivity contribution in [3.8, 4) is 5.75 Å². The maximum atomic E-state index is 10.4. The monoisotopic (exact) mass is 227 g/mol. The van der Waals surface area contributed by atoms with Crippen LogP contribution in [0.4, 0.5) is 5.69 Å². The first-order valence-corrected chi connectivity index (χ1v) is 4.69. The van der Waals surface area contributed by atoms with E-state index in [0.717, 1.165) is 12.1 Å². The third kappa shape index (κ3) is 3.95. The summed E-state index contributed by atoms with van der Waals surface area (Å²) in [6, 6.07) is 3.48. The van der Waals surface area contributed by atoms with Crippen LogP contribution in [0, 0.1) is 10.1 Å². The number of aromatic hydroxyl groups is 1. The summed E-state index contributed by atoms with van der Waals surface area (Å²) in [5.74, 6) is -1.55. The van der Waals surface area contributed by atoms with Crippen LogP contribution < -0.4 is 0 Å². The van der Waals surface area contributed by atoms with Gasteiger partial charge in [-0.05, 0) is 11.6 Å². The van der Waals surface area contributed by atoms with Crippen LogP contribution in [0.1, 0.15) is 19.4 Å². The Kier molecular flexibility index (Phi) is 5.55. The van der Waals surface area contributed by atoms with Gasteiger partial charge in [0, 0.05) is 6.07 Å². The standard InChI is InChI=1S/C8H7NO5.C2H6/c10-7-2-1-5(4-8(11)12)3-6(7)9(13)14;1-2/h1-3,10H,4H2,(H,11,12);1-2H3. The fourth-order valence-corrected chi connectivity index (χ4v) is 1.000. The zero-order chi connectivity index (χ0) is 12.7. The number of carboxylic acid groups (broad SMARTS) is 1. The molecule has 0 bridgehead atoms. The third-order valence-electron chi connectivity index (χ3n) is 1.59. The van der Waals surface area contributed by atoms with Gasteiger partial charge in [-0.25, -0.2) is 0 Å². The molecule has 0 aliphatic rings. The lowest BCUT2D eigenvalue weighted by atomic mass is 10.1. The van der Waals surface area contributed by atoms with Gasteiger partial charge in [-0.1, -0.05) is 19.9 Å². The quantitative estimate of drug-likeness (QED) is 0.607. The summed E-state index contributed by atoms with van der Waals surface area (Å²) in [6.07, 6.45) is -0.304. The second-order valence-corrected chi connectivity index (χ2v) is 2.65. The van der Waals surface area contributed by atoms with Gasteiger partial charge >= 0.3 is 11.7 Å². The number of benzene rings is 1. The molecule has 1 aromatic rings. The number of phenolic OH excluding ortho intramolecular Hbond substituents is 1. The predicted molar refractivity (Wildman–Crippen MR) is 57.4 cm³/mol. The Labute approximate surface area is 92.3 Å². The van der Waals surface area contributed by atoms with Crippen LogP contribution in [-0.4, -0.2) is 21.1 Å². The summed E-state index contributed by atoms with van der Waals surface area (Å²) in [5, 5.41) is 27.8. The van der Waals surface area contributed by atoms with Gasteiger partial charge in [-0.3, -0.25) is 14.9 Å². The second-order valence-electron chi connectivity index (χ2n) is 2.65. The molecule has 1 rings (SSSR count). The summed E-state index contributed by atoms with van der Waals surface area (Å²) in [5.41, 5.74) is -0.203. The van der Waals surface area contributed by atoms with Crippen molar-refractivity contribution in [1.29, 1.82) is 0 Å². The summed E-state index contributed by atoms with van der Waals surface area (Å²) in [6.45, 7) is 4.00. The van der Waals surface area contributed by atoms with E-state index < -0.39 is 22.3 Å². The van der Waals surface area contributed by atoms with E-state index in [4.69, 9.17) is 10.2 Å². The van der Waals surface area contributed by atoms with Crippen LogP contribution in [0.25, 0.3) is 0 Å². The van der Waals surface area contributed by atoms with E-state index in [9.17, 15) is 14.9 Å². The number of rotatable bonds is 3. The maximum Gasteiger partial charge on any atom is 0.310 e. The molecule has 0 spiro atoms. The normalized spacial score (nSPS) is 8.88. The molecule has 0 unspecified atom stereocenters. The first kappa shape index (κ1) is 13.9. The molecule has 0 fully saturated rings. The minimum atomic E-state index is -1.08. The predicted octanol–water partition coefficient (Wildman–Crippen LogP) is 1.95. The fraction of sp³-hybridized carbons (Fsp3) is 0.300. The number of phenols is 1. The number of nitrogens with zero attached hydrogens (tertiary/aromatic N) is 1. The maximum absolute atomic E-state index is 10.4. The Morgan fingerprint density at radius 3 is 2.44 bits per heavy atom. The summed E-state index contributed by atoms with van der Waals surface area (Å²) >= 11 is 0. The number of carboxylic acids is 1. The Balaban J connectivity index is 0.00000106. The molecule has 0 radical (unpaired) electrons. The SMILES string of the molecule is CC.O=C(O)Cc1ccc(O)c([N+](=O)[O-])c1. The molecule has 2 N–H and O–H groups in total. The fourth-order valence-electron chi connectivity index (χ4n) is 1.000. The average Bonchev–Trinajstić information content (AvgIpc) is 2.23. The van der Waals surface area contributed by atoms with E-state index in [1.165, 1.54) is 6.07 Å². The van der Waals surface area contributed by atoms with Crippen LogP contribution >= 0.6 is 0 Å². The number of hydrogen-bond acceptors (Lipinski definition) is 4. The summed E-state index contributed by atoms with van der Waals surface area (Å²) in [7, 11) is 0. The van der Waals surface area contributed by atoms with Crippen molar-refractivity contribution in [1.82, 2.24) is 0 Å². The first-order chi connectivity index (χ1) is 7.50. The van der Waals surface area contributed by atoms with Gasteiger partial charge in [0.1, 0.15) is 0 Å². The molecule has 6 nitrogen and oxygen atoms in total. The molecule has 0 amide bonds. The molecule has 88 valence electrons. The molecule has 0 saturated carbocycles. The summed E-state index contributed by atoms with van der Waals surface area (Å²) < 4.78 is 0. The highest BCUT2D eigenvalue weighted by molar-refractivity contribution is 5.70. The van der Waals surface area contributed by atoms with Gasteiger partial charge < -0.3 is 10.2 Å². The van der Waals surface area contributed by atoms with E-state index in [1.807, 2.05) is 13.8 Å². The second kappa shape index (κ2) is 6.39. The number of nitro benzene ring substituents is 1. The smallest absolute Gasteiger partial charge is 0.310 e. The molecule has 16 heavy (non-hydrogen) atoms. The third-order valence-corrected chi connectivity index (χ3v) is 1.59. The van der Waals surface area contributed by atoms with Crippen molar-refractivity contribution in [3.05, 3.63) is 33.9 Å². The topological polar surface area (TPSA) is 101 Å². The number of aliphatic carboxylic acids is 1. The highest BCUT2D eigenvalue weighted by Crippen LogP contribution is 2.26. The largest absolute Gasteiger partial charge is 0.502 e.